The van der Waals surface area contributed by atoms with Gasteiger partial charge in [-0.25, -0.2) is 0 Å². The molecular formula is C10H18BrNO3. The number of carbonyl (C=O) groups excluding carboxylic acids is 2. The summed E-state index contributed by atoms with van der Waals surface area (Å²) in [5.41, 5.74) is 0. The van der Waals surface area contributed by atoms with E-state index in [1.54, 1.807) is 6.92 Å². The van der Waals surface area contributed by atoms with E-state index >= 15 is 0 Å². The van der Waals surface area contributed by atoms with Crippen molar-refractivity contribution < 1.29 is 14.3 Å². The third-order valence-corrected chi connectivity index (χ3v) is 3.24. The van der Waals surface area contributed by atoms with Gasteiger partial charge in [-0.2, -0.15) is 0 Å². The molecule has 1 unspecified atom stereocenters. The van der Waals surface area contributed by atoms with Gasteiger partial charge in [0, 0.05) is 6.54 Å². The highest BCUT2D eigenvalue weighted by Gasteiger charge is 2.18. The molecule has 15 heavy (non-hydrogen) atoms. The summed E-state index contributed by atoms with van der Waals surface area (Å²) in [6.07, 6.45) is 0.220. The number of carbonyl (C=O) groups is 2. The Morgan fingerprint density at radius 3 is 2.47 bits per heavy atom. The van der Waals surface area contributed by atoms with Crippen LogP contribution in [0, 0.1) is 5.92 Å². The molecule has 5 heteroatoms. The summed E-state index contributed by atoms with van der Waals surface area (Å²) >= 11 is 3.28. The molecule has 0 radical (unpaired) electrons. The maximum absolute atomic E-state index is 11.4. The van der Waals surface area contributed by atoms with Crippen molar-refractivity contribution in [2.24, 2.45) is 5.92 Å². The first kappa shape index (κ1) is 14.4. The standard InChI is InChI=1S/C10H18BrNO3/c1-4-15-8(13)5-6-12-10(14)9(11)7(2)3/h7,9H,4-6H2,1-3H3,(H,12,14). The van der Waals surface area contributed by atoms with E-state index in [2.05, 4.69) is 21.2 Å². The Balaban J connectivity index is 3.68. The van der Waals surface area contributed by atoms with Crippen molar-refractivity contribution >= 4 is 27.8 Å². The van der Waals surface area contributed by atoms with Crippen molar-refractivity contribution in [2.45, 2.75) is 32.0 Å². The highest BCUT2D eigenvalue weighted by atomic mass is 79.9. The molecule has 0 bridgehead atoms. The number of nitrogens with one attached hydrogen (secondary N) is 1. The fourth-order valence-electron chi connectivity index (χ4n) is 0.921. The fourth-order valence-corrected chi connectivity index (χ4v) is 1.08. The van der Waals surface area contributed by atoms with Crippen LogP contribution in [0.2, 0.25) is 0 Å². The Morgan fingerprint density at radius 1 is 1.40 bits per heavy atom. The van der Waals surface area contributed by atoms with Crippen molar-refractivity contribution in [3.63, 3.8) is 0 Å². The maximum atomic E-state index is 11.4. The molecule has 0 saturated heterocycles. The van der Waals surface area contributed by atoms with E-state index in [0.717, 1.165) is 0 Å². The van der Waals surface area contributed by atoms with Gasteiger partial charge in [-0.1, -0.05) is 29.8 Å². The molecule has 0 aliphatic carbocycles. The smallest absolute Gasteiger partial charge is 0.307 e. The molecule has 0 aromatic heterocycles. The van der Waals surface area contributed by atoms with E-state index in [4.69, 9.17) is 4.74 Å². The summed E-state index contributed by atoms with van der Waals surface area (Å²) in [5, 5.41) is 2.67. The largest absolute Gasteiger partial charge is 0.466 e. The van der Waals surface area contributed by atoms with Crippen LogP contribution in [0.3, 0.4) is 0 Å². The topological polar surface area (TPSA) is 55.4 Å². The zero-order valence-electron chi connectivity index (χ0n) is 9.38. The molecule has 0 aromatic rings. The van der Waals surface area contributed by atoms with Gasteiger partial charge in [0.15, 0.2) is 0 Å². The molecule has 0 aliphatic heterocycles. The number of esters is 1. The highest BCUT2D eigenvalue weighted by Crippen LogP contribution is 2.11. The Kier molecular flexibility index (Phi) is 7.38. The molecule has 1 N–H and O–H groups in total. The molecule has 4 nitrogen and oxygen atoms in total. The minimum Gasteiger partial charge on any atom is -0.466 e. The number of alkyl halides is 1. The first-order valence-corrected chi connectivity index (χ1v) is 5.98. The van der Waals surface area contributed by atoms with Crippen LogP contribution in [0.1, 0.15) is 27.2 Å². The van der Waals surface area contributed by atoms with Gasteiger partial charge in [-0.3, -0.25) is 9.59 Å². The van der Waals surface area contributed by atoms with Gasteiger partial charge in [0.25, 0.3) is 0 Å². The van der Waals surface area contributed by atoms with E-state index in [1.165, 1.54) is 0 Å². The predicted octanol–water partition coefficient (Wildman–Crippen LogP) is 1.48. The lowest BCUT2D eigenvalue weighted by molar-refractivity contribution is -0.143. The molecule has 0 fully saturated rings. The monoisotopic (exact) mass is 279 g/mol. The third-order valence-electron chi connectivity index (χ3n) is 1.77. The van der Waals surface area contributed by atoms with Crippen molar-refractivity contribution in [2.75, 3.05) is 13.2 Å². The second-order valence-corrected chi connectivity index (χ2v) is 4.48. The molecule has 0 aliphatic rings. The summed E-state index contributed by atoms with van der Waals surface area (Å²) in [6.45, 7) is 6.35. The van der Waals surface area contributed by atoms with E-state index < -0.39 is 0 Å². The average Bonchev–Trinajstić information content (AvgIpc) is 2.16. The zero-order valence-corrected chi connectivity index (χ0v) is 11.0. The van der Waals surface area contributed by atoms with Crippen molar-refractivity contribution in [3.05, 3.63) is 0 Å². The Labute approximate surface area is 98.9 Å². The minimum atomic E-state index is -0.284. The van der Waals surface area contributed by atoms with Crippen LogP contribution >= 0.6 is 15.9 Å². The lowest BCUT2D eigenvalue weighted by Gasteiger charge is -2.13. The second-order valence-electron chi connectivity index (χ2n) is 3.49. The number of hydrogen-bond donors (Lipinski definition) is 1. The van der Waals surface area contributed by atoms with Crippen molar-refractivity contribution in [3.8, 4) is 0 Å². The van der Waals surface area contributed by atoms with Crippen LogP contribution in [-0.4, -0.2) is 29.9 Å². The van der Waals surface area contributed by atoms with Gasteiger partial charge in [0.05, 0.1) is 17.9 Å². The maximum Gasteiger partial charge on any atom is 0.307 e. The normalized spacial score (nSPS) is 12.3. The molecule has 0 aromatic carbocycles. The Morgan fingerprint density at radius 2 is 2.00 bits per heavy atom. The Hall–Kier alpha value is -0.580. The van der Waals surface area contributed by atoms with Gasteiger partial charge in [-0.15, -0.1) is 0 Å². The average molecular weight is 280 g/mol. The highest BCUT2D eigenvalue weighted by molar-refractivity contribution is 9.10. The van der Waals surface area contributed by atoms with Crippen LogP contribution in [0.4, 0.5) is 0 Å². The zero-order chi connectivity index (χ0) is 11.8. The molecule has 1 amide bonds. The molecule has 0 saturated carbocycles. The molecular weight excluding hydrogens is 262 g/mol. The minimum absolute atomic E-state index is 0.0886. The summed E-state index contributed by atoms with van der Waals surface area (Å²) < 4.78 is 4.73. The van der Waals surface area contributed by atoms with Crippen LogP contribution in [0.25, 0.3) is 0 Å². The van der Waals surface area contributed by atoms with Crippen molar-refractivity contribution in [1.82, 2.24) is 5.32 Å². The third kappa shape index (κ3) is 6.49. The molecule has 88 valence electrons. The van der Waals surface area contributed by atoms with Gasteiger partial charge < -0.3 is 10.1 Å². The number of rotatable bonds is 6. The second kappa shape index (κ2) is 7.68. The van der Waals surface area contributed by atoms with Crippen LogP contribution in [-0.2, 0) is 14.3 Å². The van der Waals surface area contributed by atoms with Crippen LogP contribution < -0.4 is 5.32 Å². The lowest BCUT2D eigenvalue weighted by atomic mass is 10.1. The lowest BCUT2D eigenvalue weighted by Crippen LogP contribution is -2.35. The molecule has 1 atom stereocenters. The molecule has 0 spiro atoms. The number of ether oxygens (including phenoxy) is 1. The molecule has 0 rings (SSSR count). The molecule has 0 heterocycles. The number of amides is 1. The van der Waals surface area contributed by atoms with Gasteiger partial charge >= 0.3 is 5.97 Å². The van der Waals surface area contributed by atoms with Gasteiger partial charge in [0.1, 0.15) is 0 Å². The van der Waals surface area contributed by atoms with E-state index in [1.807, 2.05) is 13.8 Å². The van der Waals surface area contributed by atoms with Gasteiger partial charge in [-0.05, 0) is 12.8 Å². The van der Waals surface area contributed by atoms with Crippen LogP contribution in [0.15, 0.2) is 0 Å². The summed E-state index contributed by atoms with van der Waals surface area (Å²) in [7, 11) is 0. The van der Waals surface area contributed by atoms with E-state index in [0.29, 0.717) is 13.2 Å². The number of halogens is 1. The first-order chi connectivity index (χ1) is 6.99. The predicted molar refractivity (Wildman–Crippen MR) is 61.8 cm³/mol. The van der Waals surface area contributed by atoms with Gasteiger partial charge in [0.2, 0.25) is 5.91 Å². The first-order valence-electron chi connectivity index (χ1n) is 5.06. The summed E-state index contributed by atoms with van der Waals surface area (Å²) in [4.78, 5) is 22.1. The van der Waals surface area contributed by atoms with Crippen LogP contribution in [0.5, 0.6) is 0 Å². The SMILES string of the molecule is CCOC(=O)CCNC(=O)C(Br)C(C)C. The summed E-state index contributed by atoms with van der Waals surface area (Å²) in [5.74, 6) is -0.143. The number of hydrogen-bond acceptors (Lipinski definition) is 3. The van der Waals surface area contributed by atoms with Crippen molar-refractivity contribution in [1.29, 1.82) is 0 Å². The van der Waals surface area contributed by atoms with E-state index in [-0.39, 0.29) is 29.0 Å². The Bertz CT molecular complexity index is 219. The fraction of sp³-hybridized carbons (Fsp3) is 0.800. The quantitative estimate of drug-likeness (QED) is 0.592. The summed E-state index contributed by atoms with van der Waals surface area (Å²) in [6, 6.07) is 0. The van der Waals surface area contributed by atoms with E-state index in [9.17, 15) is 9.59 Å².